The number of nitrogens with one attached hydrogen (secondary N) is 2. The van der Waals surface area contributed by atoms with Gasteiger partial charge in [0.25, 0.3) is 5.91 Å². The highest BCUT2D eigenvalue weighted by atomic mass is 16.5. The summed E-state index contributed by atoms with van der Waals surface area (Å²) in [6.07, 6.45) is 0.817. The van der Waals surface area contributed by atoms with Crippen LogP contribution in [0.2, 0.25) is 0 Å². The van der Waals surface area contributed by atoms with E-state index in [2.05, 4.69) is 15.5 Å². The van der Waals surface area contributed by atoms with E-state index in [1.54, 1.807) is 0 Å². The molecule has 2 aliphatic rings. The van der Waals surface area contributed by atoms with E-state index < -0.39 is 0 Å². The molecular weight excluding hydrogens is 220 g/mol. The first-order chi connectivity index (χ1) is 8.36. The summed E-state index contributed by atoms with van der Waals surface area (Å²) in [7, 11) is 0. The third kappa shape index (κ3) is 1.94. The van der Waals surface area contributed by atoms with Crippen molar-refractivity contribution in [2.75, 3.05) is 32.8 Å². The van der Waals surface area contributed by atoms with Gasteiger partial charge >= 0.3 is 0 Å². The quantitative estimate of drug-likeness (QED) is 0.691. The summed E-state index contributed by atoms with van der Waals surface area (Å²) in [5, 5.41) is 10.3. The summed E-state index contributed by atoms with van der Waals surface area (Å²) in [4.78, 5) is 14.1. The zero-order chi connectivity index (χ0) is 11.7. The van der Waals surface area contributed by atoms with E-state index in [1.165, 1.54) is 0 Å². The Morgan fingerprint density at radius 3 is 3.00 bits per heavy atom. The van der Waals surface area contributed by atoms with E-state index in [-0.39, 0.29) is 5.91 Å². The highest BCUT2D eigenvalue weighted by Gasteiger charge is 2.26. The zero-order valence-electron chi connectivity index (χ0n) is 9.66. The molecule has 0 bridgehead atoms. The number of aromatic nitrogens is 2. The smallest absolute Gasteiger partial charge is 0.274 e. The predicted molar refractivity (Wildman–Crippen MR) is 60.7 cm³/mol. The Balaban J connectivity index is 1.83. The SMILES string of the molecule is O=C(c1n[nH]c2c1COCC2)N1CCNCC1. The molecular formula is C11H16N4O2. The number of carbonyl (C=O) groups excluding carboxylic acids is 1. The van der Waals surface area contributed by atoms with Crippen molar-refractivity contribution >= 4 is 5.91 Å². The Morgan fingerprint density at radius 2 is 2.18 bits per heavy atom. The van der Waals surface area contributed by atoms with Crippen molar-refractivity contribution in [2.45, 2.75) is 13.0 Å². The summed E-state index contributed by atoms with van der Waals surface area (Å²) in [5.74, 6) is 0.0227. The van der Waals surface area contributed by atoms with Gasteiger partial charge in [-0.3, -0.25) is 9.89 Å². The lowest BCUT2D eigenvalue weighted by Gasteiger charge is -2.27. The zero-order valence-corrected chi connectivity index (χ0v) is 9.66. The molecule has 2 aliphatic heterocycles. The van der Waals surface area contributed by atoms with Gasteiger partial charge in [0, 0.05) is 43.9 Å². The van der Waals surface area contributed by atoms with E-state index in [0.717, 1.165) is 43.9 Å². The van der Waals surface area contributed by atoms with Gasteiger partial charge in [0.15, 0.2) is 5.69 Å². The van der Waals surface area contributed by atoms with Crippen LogP contribution in [-0.2, 0) is 17.8 Å². The van der Waals surface area contributed by atoms with Gasteiger partial charge in [-0.25, -0.2) is 0 Å². The van der Waals surface area contributed by atoms with Crippen molar-refractivity contribution in [1.82, 2.24) is 20.4 Å². The first kappa shape index (κ1) is 10.7. The fraction of sp³-hybridized carbons (Fsp3) is 0.636. The molecule has 0 aromatic carbocycles. The van der Waals surface area contributed by atoms with Crippen LogP contribution in [0.3, 0.4) is 0 Å². The molecule has 1 aromatic rings. The molecule has 3 heterocycles. The van der Waals surface area contributed by atoms with Gasteiger partial charge in [-0.15, -0.1) is 0 Å². The van der Waals surface area contributed by atoms with Crippen LogP contribution in [0.25, 0.3) is 0 Å². The number of hydrogen-bond donors (Lipinski definition) is 2. The Labute approximate surface area is 99.3 Å². The van der Waals surface area contributed by atoms with E-state index >= 15 is 0 Å². The molecule has 1 fully saturated rings. The minimum absolute atomic E-state index is 0.0227. The summed E-state index contributed by atoms with van der Waals surface area (Å²) in [6.45, 7) is 4.42. The minimum Gasteiger partial charge on any atom is -0.376 e. The molecule has 0 atom stereocenters. The predicted octanol–water partition coefficient (Wildman–Crippen LogP) is -0.472. The lowest BCUT2D eigenvalue weighted by atomic mass is 10.1. The highest BCUT2D eigenvalue weighted by molar-refractivity contribution is 5.94. The molecule has 0 unspecified atom stereocenters. The lowest BCUT2D eigenvalue weighted by molar-refractivity contribution is 0.0717. The largest absolute Gasteiger partial charge is 0.376 e. The number of carbonyl (C=O) groups is 1. The van der Waals surface area contributed by atoms with Crippen molar-refractivity contribution in [3.05, 3.63) is 17.0 Å². The standard InChI is InChI=1S/C11H16N4O2/c16-11(15-4-2-12-3-5-15)10-8-7-17-6-1-9(8)13-14-10/h12H,1-7H2,(H,13,14). The molecule has 1 aromatic heterocycles. The van der Waals surface area contributed by atoms with Gasteiger partial charge < -0.3 is 15.0 Å². The lowest BCUT2D eigenvalue weighted by Crippen LogP contribution is -2.46. The molecule has 1 saturated heterocycles. The third-order valence-corrected chi connectivity index (χ3v) is 3.30. The van der Waals surface area contributed by atoms with E-state index in [4.69, 9.17) is 4.74 Å². The maximum Gasteiger partial charge on any atom is 0.274 e. The Kier molecular flexibility index (Phi) is 2.82. The second-order valence-corrected chi connectivity index (χ2v) is 4.37. The molecule has 1 amide bonds. The number of piperazine rings is 1. The van der Waals surface area contributed by atoms with Crippen LogP contribution in [0.1, 0.15) is 21.7 Å². The van der Waals surface area contributed by atoms with Crippen molar-refractivity contribution in [1.29, 1.82) is 0 Å². The number of fused-ring (bicyclic) bond motifs is 1. The van der Waals surface area contributed by atoms with Gasteiger partial charge in [-0.05, 0) is 0 Å². The number of nitrogens with zero attached hydrogens (tertiary/aromatic N) is 2. The Morgan fingerprint density at radius 1 is 1.35 bits per heavy atom. The molecule has 0 radical (unpaired) electrons. The average molecular weight is 236 g/mol. The number of hydrogen-bond acceptors (Lipinski definition) is 4. The van der Waals surface area contributed by atoms with E-state index in [1.807, 2.05) is 4.90 Å². The highest BCUT2D eigenvalue weighted by Crippen LogP contribution is 2.19. The number of H-pyrrole nitrogens is 1. The van der Waals surface area contributed by atoms with Crippen molar-refractivity contribution in [3.8, 4) is 0 Å². The maximum atomic E-state index is 12.3. The summed E-state index contributed by atoms with van der Waals surface area (Å²) < 4.78 is 5.39. The number of ether oxygens (including phenoxy) is 1. The van der Waals surface area contributed by atoms with E-state index in [0.29, 0.717) is 18.9 Å². The monoisotopic (exact) mass is 236 g/mol. The van der Waals surface area contributed by atoms with E-state index in [9.17, 15) is 4.79 Å². The molecule has 2 N–H and O–H groups in total. The minimum atomic E-state index is 0.0227. The molecule has 6 nitrogen and oxygen atoms in total. The summed E-state index contributed by atoms with van der Waals surface area (Å²) >= 11 is 0. The van der Waals surface area contributed by atoms with Crippen molar-refractivity contribution in [2.24, 2.45) is 0 Å². The van der Waals surface area contributed by atoms with Gasteiger partial charge in [0.1, 0.15) is 0 Å². The summed E-state index contributed by atoms with van der Waals surface area (Å²) in [5.41, 5.74) is 2.54. The maximum absolute atomic E-state index is 12.3. The number of amides is 1. The Bertz CT molecular complexity index is 423. The van der Waals surface area contributed by atoms with Crippen LogP contribution in [-0.4, -0.2) is 53.8 Å². The van der Waals surface area contributed by atoms with Crippen LogP contribution >= 0.6 is 0 Å². The van der Waals surface area contributed by atoms with Gasteiger partial charge in [-0.2, -0.15) is 5.10 Å². The van der Waals surface area contributed by atoms with Gasteiger partial charge in [-0.1, -0.05) is 0 Å². The average Bonchev–Trinajstić information content (AvgIpc) is 2.83. The van der Waals surface area contributed by atoms with Crippen LogP contribution in [0, 0.1) is 0 Å². The molecule has 0 saturated carbocycles. The Hall–Kier alpha value is -1.40. The van der Waals surface area contributed by atoms with Gasteiger partial charge in [0.2, 0.25) is 0 Å². The van der Waals surface area contributed by atoms with Crippen LogP contribution in [0.5, 0.6) is 0 Å². The van der Waals surface area contributed by atoms with Crippen molar-refractivity contribution < 1.29 is 9.53 Å². The molecule has 0 spiro atoms. The third-order valence-electron chi connectivity index (χ3n) is 3.30. The first-order valence-corrected chi connectivity index (χ1v) is 6.00. The normalized spacial score (nSPS) is 20.1. The second kappa shape index (κ2) is 4.46. The van der Waals surface area contributed by atoms with Crippen LogP contribution < -0.4 is 5.32 Å². The summed E-state index contributed by atoms with van der Waals surface area (Å²) in [6, 6.07) is 0. The van der Waals surface area contributed by atoms with Crippen LogP contribution in [0.4, 0.5) is 0 Å². The first-order valence-electron chi connectivity index (χ1n) is 6.00. The fourth-order valence-corrected chi connectivity index (χ4v) is 2.31. The molecule has 3 rings (SSSR count). The molecule has 6 heteroatoms. The molecule has 17 heavy (non-hydrogen) atoms. The number of aromatic amines is 1. The molecule has 0 aliphatic carbocycles. The van der Waals surface area contributed by atoms with Crippen molar-refractivity contribution in [3.63, 3.8) is 0 Å². The molecule has 92 valence electrons. The van der Waals surface area contributed by atoms with Crippen LogP contribution in [0.15, 0.2) is 0 Å². The number of rotatable bonds is 1. The topological polar surface area (TPSA) is 70.2 Å². The second-order valence-electron chi connectivity index (χ2n) is 4.37. The van der Waals surface area contributed by atoms with Gasteiger partial charge in [0.05, 0.1) is 13.2 Å². The fourth-order valence-electron chi connectivity index (χ4n) is 2.31.